The number of nitrogens with one attached hydrogen (secondary N) is 1. The predicted molar refractivity (Wildman–Crippen MR) is 179 cm³/mol. The Morgan fingerprint density at radius 2 is 1.76 bits per heavy atom. The number of non-ortho nitro benzene ring substituents is 1. The molecule has 262 valence electrons. The Morgan fingerprint density at radius 1 is 1.02 bits per heavy atom. The number of H-pyrrole nitrogens is 1. The summed E-state index contributed by atoms with van der Waals surface area (Å²) in [5.74, 6) is 0.713. The van der Waals surface area contributed by atoms with Crippen LogP contribution in [0.2, 0.25) is 0 Å². The number of hydrogen-bond acceptors (Lipinski definition) is 12. The quantitative estimate of drug-likeness (QED) is 0.0864. The fraction of sp³-hybridized carbons (Fsp3) is 0.438. The molecule has 0 spiro atoms. The Bertz CT molecular complexity index is 1970. The minimum Gasteiger partial charge on any atom is -0.493 e. The van der Waals surface area contributed by atoms with Gasteiger partial charge in [-0.05, 0) is 50.1 Å². The van der Waals surface area contributed by atoms with E-state index >= 15 is 0 Å². The van der Waals surface area contributed by atoms with Gasteiger partial charge in [-0.25, -0.2) is 18.2 Å². The van der Waals surface area contributed by atoms with Gasteiger partial charge >= 0.3 is 6.16 Å². The molecule has 1 N–H and O–H groups in total. The Hall–Kier alpha value is -4.87. The monoisotopic (exact) mass is 697 g/mol. The lowest BCUT2D eigenvalue weighted by Crippen LogP contribution is -2.49. The zero-order valence-electron chi connectivity index (χ0n) is 27.6. The van der Waals surface area contributed by atoms with Gasteiger partial charge in [0.25, 0.3) is 11.2 Å². The number of aryl methyl sites for hydroxylation is 2. The molecule has 0 unspecified atom stereocenters. The summed E-state index contributed by atoms with van der Waals surface area (Å²) in [7, 11) is -3.93. The molecular weight excluding hydrogens is 658 g/mol. The molecule has 16 nitrogen and oxygen atoms in total. The summed E-state index contributed by atoms with van der Waals surface area (Å²) in [4.78, 5) is 45.2. The zero-order chi connectivity index (χ0) is 35.1. The van der Waals surface area contributed by atoms with E-state index in [1.165, 1.54) is 40.7 Å². The first-order valence-corrected chi connectivity index (χ1v) is 17.6. The smallest absolute Gasteiger partial charge is 0.493 e. The number of fused-ring (bicyclic) bond motifs is 1. The van der Waals surface area contributed by atoms with Crippen LogP contribution in [0.5, 0.6) is 11.5 Å². The Morgan fingerprint density at radius 3 is 2.41 bits per heavy atom. The molecule has 0 amide bonds. The van der Waals surface area contributed by atoms with Crippen LogP contribution in [0.4, 0.5) is 10.5 Å². The van der Waals surface area contributed by atoms with E-state index in [2.05, 4.69) is 10.1 Å². The average Bonchev–Trinajstić information content (AvgIpc) is 3.45. The maximum atomic E-state index is 13.8. The van der Waals surface area contributed by atoms with E-state index in [4.69, 9.17) is 19.2 Å². The van der Waals surface area contributed by atoms with Crippen molar-refractivity contribution < 1.29 is 32.3 Å². The number of aromatic amines is 1. The minimum atomic E-state index is -3.93. The summed E-state index contributed by atoms with van der Waals surface area (Å²) >= 11 is 0. The molecule has 1 aliphatic heterocycles. The highest BCUT2D eigenvalue weighted by Gasteiger charge is 2.30. The number of carbonyl (C=O) groups is 1. The van der Waals surface area contributed by atoms with Crippen LogP contribution in [0.25, 0.3) is 22.4 Å². The first kappa shape index (κ1) is 35.4. The summed E-state index contributed by atoms with van der Waals surface area (Å²) in [5.41, 5.74) is 1.42. The number of nitro benzene ring substituents is 1. The number of nitrogens with zero attached hydrogens (tertiary/aromatic N) is 6. The summed E-state index contributed by atoms with van der Waals surface area (Å²) in [5, 5.41) is 15.4. The van der Waals surface area contributed by atoms with Crippen LogP contribution in [0.3, 0.4) is 0 Å². The van der Waals surface area contributed by atoms with Gasteiger partial charge in [0.05, 0.1) is 27.7 Å². The molecule has 1 saturated heterocycles. The molecule has 1 aliphatic rings. The Labute approximate surface area is 282 Å². The number of nitro groups is 1. The third-order valence-electron chi connectivity index (χ3n) is 7.97. The molecule has 0 radical (unpaired) electrons. The molecular formula is C32H39N7O9S. The average molecular weight is 698 g/mol. The summed E-state index contributed by atoms with van der Waals surface area (Å²) in [6, 6.07) is 9.61. The van der Waals surface area contributed by atoms with Gasteiger partial charge in [0.1, 0.15) is 29.4 Å². The molecule has 0 aliphatic carbocycles. The lowest BCUT2D eigenvalue weighted by Gasteiger charge is -2.33. The molecule has 2 aromatic heterocycles. The predicted octanol–water partition coefficient (Wildman–Crippen LogP) is 3.98. The molecule has 2 aromatic carbocycles. The second-order valence-corrected chi connectivity index (χ2v) is 13.3. The van der Waals surface area contributed by atoms with E-state index < -0.39 is 21.1 Å². The van der Waals surface area contributed by atoms with Crippen LogP contribution < -0.4 is 15.0 Å². The zero-order valence-corrected chi connectivity index (χ0v) is 28.4. The van der Waals surface area contributed by atoms with E-state index in [0.717, 1.165) is 12.8 Å². The normalized spacial score (nSPS) is 14.2. The highest BCUT2D eigenvalue weighted by atomic mass is 32.2. The second kappa shape index (κ2) is 15.6. The van der Waals surface area contributed by atoms with Crippen LogP contribution in [0.15, 0.2) is 52.2 Å². The van der Waals surface area contributed by atoms with Gasteiger partial charge in [-0.1, -0.05) is 20.3 Å². The third-order valence-corrected chi connectivity index (χ3v) is 9.86. The molecule has 1 fully saturated rings. The standard InChI is InChI=1S/C32H39N7O9S/c1-4-7-26-28-29(38(6-3)35-26)31(40)34-30(33-28)25-21-24(12-13-27(25)46-19-5-2)49(44,45)37-16-14-36(15-17-37)18-20-47-32(41)48-23-10-8-22(9-11-23)39(42)43/h8-13,21H,4-7,14-20H2,1-3H3,(H,33,34,40). The number of benzene rings is 2. The van der Waals surface area contributed by atoms with E-state index in [9.17, 15) is 28.1 Å². The second-order valence-electron chi connectivity index (χ2n) is 11.3. The van der Waals surface area contributed by atoms with Gasteiger partial charge in [0.2, 0.25) is 10.0 Å². The van der Waals surface area contributed by atoms with Crippen molar-refractivity contribution in [1.29, 1.82) is 0 Å². The fourth-order valence-corrected chi connectivity index (χ4v) is 6.92. The molecule has 5 rings (SSSR count). The van der Waals surface area contributed by atoms with Crippen molar-refractivity contribution in [2.75, 3.05) is 45.9 Å². The molecule has 0 saturated carbocycles. The van der Waals surface area contributed by atoms with Gasteiger partial charge in [-0.2, -0.15) is 9.40 Å². The van der Waals surface area contributed by atoms with Crippen molar-refractivity contribution >= 4 is 32.9 Å². The van der Waals surface area contributed by atoms with Crippen LogP contribution in [-0.4, -0.2) is 94.4 Å². The van der Waals surface area contributed by atoms with Crippen LogP contribution >= 0.6 is 0 Å². The maximum absolute atomic E-state index is 13.8. The van der Waals surface area contributed by atoms with Crippen molar-refractivity contribution in [2.24, 2.45) is 0 Å². The van der Waals surface area contributed by atoms with Crippen molar-refractivity contribution in [1.82, 2.24) is 29.0 Å². The van der Waals surface area contributed by atoms with E-state index in [-0.39, 0.29) is 47.4 Å². The van der Waals surface area contributed by atoms with Crippen molar-refractivity contribution in [3.63, 3.8) is 0 Å². The van der Waals surface area contributed by atoms with Crippen molar-refractivity contribution in [3.8, 4) is 22.9 Å². The third kappa shape index (κ3) is 8.06. The Kier molecular flexibility index (Phi) is 11.3. The summed E-state index contributed by atoms with van der Waals surface area (Å²) in [6.45, 7) is 8.34. The number of piperazine rings is 1. The molecule has 49 heavy (non-hydrogen) atoms. The molecule has 0 atom stereocenters. The number of aromatic nitrogens is 4. The van der Waals surface area contributed by atoms with Crippen molar-refractivity contribution in [3.05, 3.63) is 68.6 Å². The number of rotatable bonds is 14. The van der Waals surface area contributed by atoms with Gasteiger partial charge in [-0.3, -0.25) is 24.5 Å². The Balaban J connectivity index is 1.27. The van der Waals surface area contributed by atoms with Gasteiger partial charge in [0, 0.05) is 51.4 Å². The lowest BCUT2D eigenvalue weighted by atomic mass is 10.1. The van der Waals surface area contributed by atoms with Gasteiger partial charge in [-0.15, -0.1) is 0 Å². The maximum Gasteiger partial charge on any atom is 0.513 e. The topological polar surface area (TPSA) is 192 Å². The van der Waals surface area contributed by atoms with Crippen LogP contribution in [-0.2, 0) is 27.7 Å². The molecule has 3 heterocycles. The van der Waals surface area contributed by atoms with Gasteiger partial charge < -0.3 is 19.2 Å². The summed E-state index contributed by atoms with van der Waals surface area (Å²) in [6.07, 6.45) is 1.23. The van der Waals surface area contributed by atoms with E-state index in [0.29, 0.717) is 67.2 Å². The number of hydrogen-bond donors (Lipinski definition) is 1. The lowest BCUT2D eigenvalue weighted by molar-refractivity contribution is -0.384. The first-order chi connectivity index (χ1) is 23.5. The molecule has 4 aromatic rings. The van der Waals surface area contributed by atoms with E-state index in [1.807, 2.05) is 25.7 Å². The largest absolute Gasteiger partial charge is 0.513 e. The summed E-state index contributed by atoms with van der Waals surface area (Å²) < 4.78 is 46.8. The highest BCUT2D eigenvalue weighted by molar-refractivity contribution is 7.89. The van der Waals surface area contributed by atoms with Crippen LogP contribution in [0.1, 0.15) is 39.3 Å². The van der Waals surface area contributed by atoms with Crippen LogP contribution in [0, 0.1) is 10.1 Å². The highest BCUT2D eigenvalue weighted by Crippen LogP contribution is 2.32. The minimum absolute atomic E-state index is 0.00776. The first-order valence-electron chi connectivity index (χ1n) is 16.1. The fourth-order valence-electron chi connectivity index (χ4n) is 5.47. The number of sulfonamides is 1. The number of carbonyl (C=O) groups excluding carboxylic acids is 1. The van der Waals surface area contributed by atoms with Crippen molar-refractivity contribution in [2.45, 2.75) is 51.5 Å². The van der Waals surface area contributed by atoms with Gasteiger partial charge in [0.15, 0.2) is 5.52 Å². The van der Waals surface area contributed by atoms with E-state index in [1.54, 1.807) is 10.7 Å². The number of ether oxygens (including phenoxy) is 3. The molecule has 17 heteroatoms. The SMILES string of the molecule is CCCOc1ccc(S(=O)(=O)N2CCN(CCOC(=O)Oc3ccc([N+](=O)[O-])cc3)CC2)cc1-c1nc2c(CCC)nn(CC)c2c(=O)[nH]1. The molecule has 0 bridgehead atoms.